The van der Waals surface area contributed by atoms with Crippen LogP contribution in [0.5, 0.6) is 11.5 Å². The predicted octanol–water partition coefficient (Wildman–Crippen LogP) is 4.95. The van der Waals surface area contributed by atoms with E-state index < -0.39 is 35.3 Å². The fourth-order valence-corrected chi connectivity index (χ4v) is 5.32. The average molecular weight is 623 g/mol. The topological polar surface area (TPSA) is 124 Å². The lowest BCUT2D eigenvalue weighted by atomic mass is 9.82. The van der Waals surface area contributed by atoms with Crippen LogP contribution in [0.4, 0.5) is 22.0 Å². The molecule has 5 rings (SSSR count). The van der Waals surface area contributed by atoms with Crippen molar-refractivity contribution in [3.05, 3.63) is 52.9 Å². The third-order valence-electron chi connectivity index (χ3n) is 7.74. The molecule has 1 aromatic heterocycles. The summed E-state index contributed by atoms with van der Waals surface area (Å²) in [6.45, 7) is 5.44. The molecule has 3 heterocycles. The summed E-state index contributed by atoms with van der Waals surface area (Å²) in [6.07, 6.45) is -4.85. The number of hydrogen-bond donors (Lipinski definition) is 3. The number of benzene rings is 2. The number of unbranched alkanes of at least 4 members (excludes halogenated alkanes) is 1. The Morgan fingerprint density at radius 3 is 2.48 bits per heavy atom. The van der Waals surface area contributed by atoms with Crippen molar-refractivity contribution in [1.82, 2.24) is 20.4 Å². The van der Waals surface area contributed by atoms with Crippen LogP contribution in [0.15, 0.2) is 34.5 Å². The van der Waals surface area contributed by atoms with Crippen molar-refractivity contribution in [2.75, 3.05) is 20.3 Å². The smallest absolute Gasteiger partial charge is 0.449 e. The molecule has 236 valence electrons. The fraction of sp³-hybridized carbons (Fsp3) is 0.448. The number of halogens is 5. The highest BCUT2D eigenvalue weighted by Crippen LogP contribution is 2.40. The number of fused-ring (bicyclic) bond motifs is 1. The normalized spacial score (nSPS) is 20.0. The number of methoxy groups -OCH3 is 1. The number of carbonyl (C=O) groups is 1. The highest BCUT2D eigenvalue weighted by molar-refractivity contribution is 6.13. The molecular weight excluding hydrogens is 591 g/mol. The summed E-state index contributed by atoms with van der Waals surface area (Å²) in [4.78, 5) is 17.5. The molecule has 0 saturated carbocycles. The number of aromatic amines is 1. The predicted molar refractivity (Wildman–Crippen MR) is 150 cm³/mol. The minimum atomic E-state index is -4.71. The number of nitrogens with zero attached hydrogens (tertiary/aromatic N) is 4. The van der Waals surface area contributed by atoms with E-state index in [1.807, 2.05) is 0 Å². The monoisotopic (exact) mass is 622 g/mol. The quantitative estimate of drug-likeness (QED) is 0.229. The van der Waals surface area contributed by atoms with Crippen LogP contribution in [0.1, 0.15) is 57.0 Å². The maximum Gasteiger partial charge on any atom is 0.449 e. The molecule has 2 unspecified atom stereocenters. The SMILES string of the molecule is COc1ccc(C2=NN(CCCCOc3ccc(C4=NNC(=O)CC4C)c(F)c3F)C(O)C2(C)C)c2nc(C(F)(F)F)[nH]c12. The summed E-state index contributed by atoms with van der Waals surface area (Å²) < 4.78 is 80.6. The van der Waals surface area contributed by atoms with E-state index >= 15 is 0 Å². The van der Waals surface area contributed by atoms with Crippen molar-refractivity contribution in [2.24, 2.45) is 21.5 Å². The van der Waals surface area contributed by atoms with Gasteiger partial charge in [0, 0.05) is 30.0 Å². The Bertz CT molecular complexity index is 1650. The second-order valence-electron chi connectivity index (χ2n) is 11.3. The summed E-state index contributed by atoms with van der Waals surface area (Å²) in [6, 6.07) is 5.73. The van der Waals surface area contributed by atoms with E-state index in [0.29, 0.717) is 24.1 Å². The van der Waals surface area contributed by atoms with Gasteiger partial charge in [0.2, 0.25) is 17.5 Å². The Morgan fingerprint density at radius 1 is 1.09 bits per heavy atom. The van der Waals surface area contributed by atoms with Gasteiger partial charge in [-0.15, -0.1) is 0 Å². The van der Waals surface area contributed by atoms with E-state index in [1.165, 1.54) is 30.3 Å². The van der Waals surface area contributed by atoms with Gasteiger partial charge in [0.25, 0.3) is 0 Å². The van der Waals surface area contributed by atoms with Gasteiger partial charge in [0.15, 0.2) is 17.8 Å². The number of hydrogen-bond acceptors (Lipinski definition) is 8. The molecule has 2 aliphatic heterocycles. The van der Waals surface area contributed by atoms with Crippen molar-refractivity contribution >= 4 is 28.4 Å². The summed E-state index contributed by atoms with van der Waals surface area (Å²) in [5.74, 6) is -4.25. The van der Waals surface area contributed by atoms with Crippen LogP contribution in [0.3, 0.4) is 0 Å². The number of aliphatic hydroxyl groups is 1. The van der Waals surface area contributed by atoms with E-state index in [2.05, 4.69) is 25.6 Å². The zero-order chi connectivity index (χ0) is 32.0. The Morgan fingerprint density at radius 2 is 1.80 bits per heavy atom. The lowest BCUT2D eigenvalue weighted by Gasteiger charge is -2.28. The molecule has 1 amide bonds. The Hall–Kier alpha value is -4.27. The number of aromatic nitrogens is 2. The standard InChI is InChI=1S/C29H31F5N6O4/c1-14-13-19(41)37-38-22(14)15-7-9-17(21(31)20(15)30)44-12-6-5-11-40-27(42)28(2,3)25(39-40)16-8-10-18(43-4)24-23(16)35-26(36-24)29(32,33)34/h7-10,14,27,42H,5-6,11-13H2,1-4H3,(H,35,36)(H,37,41). The van der Waals surface area contributed by atoms with Crippen LogP contribution in [0, 0.1) is 23.0 Å². The number of amides is 1. The van der Waals surface area contributed by atoms with Crippen LogP contribution >= 0.6 is 0 Å². The Balaban J connectivity index is 1.25. The zero-order valence-electron chi connectivity index (χ0n) is 24.4. The van der Waals surface area contributed by atoms with E-state index in [-0.39, 0.29) is 65.2 Å². The number of carbonyl (C=O) groups excluding carboxylic acids is 1. The van der Waals surface area contributed by atoms with Crippen molar-refractivity contribution in [1.29, 1.82) is 0 Å². The molecule has 0 fully saturated rings. The van der Waals surface area contributed by atoms with Gasteiger partial charge in [-0.05, 0) is 51.0 Å². The minimum Gasteiger partial charge on any atom is -0.494 e. The lowest BCUT2D eigenvalue weighted by Crippen LogP contribution is -2.40. The first-order valence-electron chi connectivity index (χ1n) is 13.9. The number of aliphatic hydroxyl groups excluding tert-OH is 1. The fourth-order valence-electron chi connectivity index (χ4n) is 5.32. The molecule has 3 N–H and O–H groups in total. The zero-order valence-corrected chi connectivity index (χ0v) is 24.4. The summed E-state index contributed by atoms with van der Waals surface area (Å²) in [5.41, 5.74) is 2.24. The van der Waals surface area contributed by atoms with E-state index in [0.717, 1.165) is 0 Å². The molecular formula is C29H31F5N6O4. The van der Waals surface area contributed by atoms with Crippen LogP contribution < -0.4 is 14.9 Å². The minimum absolute atomic E-state index is 0.0148. The van der Waals surface area contributed by atoms with Crippen LogP contribution in [0.25, 0.3) is 11.0 Å². The molecule has 0 aliphatic carbocycles. The second kappa shape index (κ2) is 11.7. The summed E-state index contributed by atoms with van der Waals surface area (Å²) in [5, 5.41) is 20.9. The highest BCUT2D eigenvalue weighted by atomic mass is 19.4. The van der Waals surface area contributed by atoms with E-state index in [1.54, 1.807) is 26.8 Å². The maximum atomic E-state index is 14.8. The van der Waals surface area contributed by atoms with Gasteiger partial charge in [-0.25, -0.2) is 14.8 Å². The van der Waals surface area contributed by atoms with Crippen molar-refractivity contribution in [3.8, 4) is 11.5 Å². The first-order chi connectivity index (χ1) is 20.7. The number of nitrogens with one attached hydrogen (secondary N) is 2. The summed E-state index contributed by atoms with van der Waals surface area (Å²) >= 11 is 0. The van der Waals surface area contributed by atoms with Gasteiger partial charge >= 0.3 is 6.18 Å². The van der Waals surface area contributed by atoms with Crippen LogP contribution in [-0.4, -0.2) is 63.9 Å². The van der Waals surface area contributed by atoms with Crippen LogP contribution in [-0.2, 0) is 11.0 Å². The first-order valence-corrected chi connectivity index (χ1v) is 13.9. The third kappa shape index (κ3) is 5.67. The van der Waals surface area contributed by atoms with E-state index in [4.69, 9.17) is 9.47 Å². The lowest BCUT2D eigenvalue weighted by molar-refractivity contribution is -0.144. The Labute approximate surface area is 248 Å². The van der Waals surface area contributed by atoms with Gasteiger partial charge < -0.3 is 19.6 Å². The largest absolute Gasteiger partial charge is 0.494 e. The average Bonchev–Trinajstić information content (AvgIpc) is 3.51. The number of H-pyrrole nitrogens is 1. The molecule has 0 spiro atoms. The number of imidazole rings is 1. The van der Waals surface area contributed by atoms with E-state index in [9.17, 15) is 31.9 Å². The van der Waals surface area contributed by atoms with Gasteiger partial charge in [0.1, 0.15) is 16.8 Å². The van der Waals surface area contributed by atoms with Gasteiger partial charge in [-0.3, -0.25) is 9.80 Å². The third-order valence-corrected chi connectivity index (χ3v) is 7.74. The maximum absolute atomic E-state index is 14.8. The van der Waals surface area contributed by atoms with Gasteiger partial charge in [0.05, 0.1) is 30.6 Å². The van der Waals surface area contributed by atoms with Crippen molar-refractivity contribution < 1.29 is 41.3 Å². The highest BCUT2D eigenvalue weighted by Gasteiger charge is 2.45. The molecule has 2 atom stereocenters. The van der Waals surface area contributed by atoms with Crippen molar-refractivity contribution in [2.45, 2.75) is 52.4 Å². The molecule has 0 radical (unpaired) electrons. The Kier molecular flexibility index (Phi) is 8.27. The molecule has 0 saturated heterocycles. The molecule has 2 aliphatic rings. The molecule has 2 aromatic carbocycles. The van der Waals surface area contributed by atoms with Crippen LogP contribution in [0.2, 0.25) is 0 Å². The van der Waals surface area contributed by atoms with Gasteiger partial charge in [-0.1, -0.05) is 6.92 Å². The van der Waals surface area contributed by atoms with Crippen molar-refractivity contribution in [3.63, 3.8) is 0 Å². The molecule has 3 aromatic rings. The summed E-state index contributed by atoms with van der Waals surface area (Å²) in [7, 11) is 1.34. The molecule has 10 nitrogen and oxygen atoms in total. The number of alkyl halides is 3. The second-order valence-corrected chi connectivity index (χ2v) is 11.3. The molecule has 44 heavy (non-hydrogen) atoms. The molecule has 15 heteroatoms. The number of hydrazone groups is 2. The first kappa shape index (κ1) is 31.2. The van der Waals surface area contributed by atoms with Gasteiger partial charge in [-0.2, -0.15) is 27.8 Å². The molecule has 0 bridgehead atoms. The number of rotatable bonds is 9. The number of ether oxygens (including phenoxy) is 2.